The summed E-state index contributed by atoms with van der Waals surface area (Å²) < 4.78 is 6.18. The third-order valence-electron chi connectivity index (χ3n) is 2.07. The van der Waals surface area contributed by atoms with Crippen LogP contribution in [-0.4, -0.2) is 36.2 Å². The summed E-state index contributed by atoms with van der Waals surface area (Å²) in [7, 11) is 1.50. The molecule has 1 rings (SSSR count). The average molecular weight is 262 g/mol. The molecule has 1 aromatic heterocycles. The van der Waals surface area contributed by atoms with Gasteiger partial charge in [0.25, 0.3) is 12.1 Å². The molecule has 0 radical (unpaired) electrons. The number of carbonyl (C=O) groups excluding carboxylic acids is 1. The molecule has 0 N–H and O–H groups in total. The van der Waals surface area contributed by atoms with Crippen LogP contribution in [0, 0.1) is 0 Å². The Morgan fingerprint density at radius 2 is 2.12 bits per heavy atom. The number of amides is 1. The summed E-state index contributed by atoms with van der Waals surface area (Å²) in [5.41, 5.74) is 0. The second kappa shape index (κ2) is 7.67. The van der Waals surface area contributed by atoms with E-state index in [2.05, 4.69) is 4.98 Å². The Bertz CT molecular complexity index is 358. The van der Waals surface area contributed by atoms with E-state index < -0.39 is 6.09 Å². The fourth-order valence-corrected chi connectivity index (χ4v) is 1.15. The summed E-state index contributed by atoms with van der Waals surface area (Å²) in [6, 6.07) is 0. The average Bonchev–Trinajstić information content (AvgIpc) is 2.31. The van der Waals surface area contributed by atoms with Crippen molar-refractivity contribution in [2.24, 2.45) is 0 Å². The molecule has 17 heavy (non-hydrogen) atoms. The molecule has 0 aliphatic heterocycles. The van der Waals surface area contributed by atoms with Gasteiger partial charge in [0.05, 0.1) is 13.3 Å². The first-order chi connectivity index (χ1) is 7.71. The molecular formula is C10H16ClN3O3. The smallest absolute Gasteiger partial charge is 0.478 e. The first-order valence-corrected chi connectivity index (χ1v) is 5.09. The fourth-order valence-electron chi connectivity index (χ4n) is 1.15. The highest BCUT2D eigenvalue weighted by Gasteiger charge is 2.17. The second-order valence-electron chi connectivity index (χ2n) is 2.99. The lowest BCUT2D eigenvalue weighted by Gasteiger charge is -2.13. The van der Waals surface area contributed by atoms with Crippen molar-refractivity contribution in [1.82, 2.24) is 9.88 Å². The summed E-state index contributed by atoms with van der Waals surface area (Å²) >= 11 is 0. The maximum absolute atomic E-state index is 11.6. The quantitative estimate of drug-likeness (QED) is 0.553. The molecular weight excluding hydrogens is 246 g/mol. The van der Waals surface area contributed by atoms with Crippen LogP contribution >= 0.6 is 0 Å². The van der Waals surface area contributed by atoms with Crippen LogP contribution in [0.5, 0.6) is 5.88 Å². The van der Waals surface area contributed by atoms with Crippen molar-refractivity contribution in [3.63, 3.8) is 0 Å². The topological polar surface area (TPSA) is 55.5 Å². The van der Waals surface area contributed by atoms with Gasteiger partial charge in [-0.1, -0.05) is 0 Å². The van der Waals surface area contributed by atoms with Crippen molar-refractivity contribution < 1.29 is 31.5 Å². The van der Waals surface area contributed by atoms with Gasteiger partial charge >= 0.3 is 6.09 Å². The zero-order valence-electron chi connectivity index (χ0n) is 10.1. The summed E-state index contributed by atoms with van der Waals surface area (Å²) in [6.07, 6.45) is 4.11. The maximum atomic E-state index is 11.6. The van der Waals surface area contributed by atoms with Crippen molar-refractivity contribution in [3.8, 4) is 5.88 Å². The lowest BCUT2D eigenvalue weighted by Crippen LogP contribution is -3.00. The van der Waals surface area contributed by atoms with Crippen molar-refractivity contribution in [3.05, 3.63) is 18.6 Å². The van der Waals surface area contributed by atoms with Gasteiger partial charge in [0.2, 0.25) is 6.20 Å². The monoisotopic (exact) mass is 261 g/mol. The molecule has 0 unspecified atom stereocenters. The molecule has 1 amide bonds. The number of hydrogen-bond acceptors (Lipinski definition) is 4. The van der Waals surface area contributed by atoms with E-state index in [9.17, 15) is 4.79 Å². The Labute approximate surface area is 107 Å². The summed E-state index contributed by atoms with van der Waals surface area (Å²) in [6.45, 7) is 5.00. The molecule has 0 spiro atoms. The largest absolute Gasteiger partial charge is 1.00 e. The first-order valence-electron chi connectivity index (χ1n) is 5.09. The van der Waals surface area contributed by atoms with Crippen molar-refractivity contribution in [2.45, 2.75) is 13.8 Å². The molecule has 0 bridgehead atoms. The Balaban J connectivity index is 0.00000256. The molecule has 0 aliphatic carbocycles. The van der Waals surface area contributed by atoms with Crippen LogP contribution in [-0.2, 0) is 0 Å². The maximum Gasteiger partial charge on any atom is 0.478 e. The number of hydrogen-bond donors (Lipinski definition) is 0. The first kappa shape index (κ1) is 15.4. The highest BCUT2D eigenvalue weighted by Crippen LogP contribution is 1.96. The third kappa shape index (κ3) is 4.44. The zero-order chi connectivity index (χ0) is 12.0. The van der Waals surface area contributed by atoms with Crippen molar-refractivity contribution in [2.75, 3.05) is 20.2 Å². The number of aromatic nitrogens is 2. The minimum atomic E-state index is -0.400. The van der Waals surface area contributed by atoms with Gasteiger partial charge in [0.15, 0.2) is 0 Å². The van der Waals surface area contributed by atoms with E-state index in [0.29, 0.717) is 19.0 Å². The van der Waals surface area contributed by atoms with E-state index >= 15 is 0 Å². The highest BCUT2D eigenvalue weighted by atomic mass is 35.5. The SMILES string of the molecule is CCN(CC)C(=O)O[n+]1ccnc(OC)c1.[Cl-]. The number of methoxy groups -OCH3 is 1. The van der Waals surface area contributed by atoms with Crippen LogP contribution in [0.1, 0.15) is 13.8 Å². The van der Waals surface area contributed by atoms with Crippen molar-refractivity contribution in [1.29, 1.82) is 0 Å². The van der Waals surface area contributed by atoms with Gasteiger partial charge in [0, 0.05) is 17.8 Å². The molecule has 0 aromatic carbocycles. The Morgan fingerprint density at radius 3 is 2.65 bits per heavy atom. The van der Waals surface area contributed by atoms with Gasteiger partial charge in [-0.25, -0.2) is 9.78 Å². The molecule has 0 saturated carbocycles. The molecule has 0 saturated heterocycles. The fraction of sp³-hybridized carbons (Fsp3) is 0.500. The van der Waals surface area contributed by atoms with Gasteiger partial charge in [-0.3, -0.25) is 0 Å². The number of ether oxygens (including phenoxy) is 1. The number of halogens is 1. The predicted molar refractivity (Wildman–Crippen MR) is 55.9 cm³/mol. The van der Waals surface area contributed by atoms with E-state index in [4.69, 9.17) is 9.57 Å². The van der Waals surface area contributed by atoms with Crippen LogP contribution in [0.25, 0.3) is 0 Å². The normalized spacial score (nSPS) is 9.12. The van der Waals surface area contributed by atoms with E-state index in [-0.39, 0.29) is 12.4 Å². The molecule has 0 fully saturated rings. The van der Waals surface area contributed by atoms with E-state index in [1.807, 2.05) is 13.8 Å². The minimum Gasteiger partial charge on any atom is -1.00 e. The zero-order valence-corrected chi connectivity index (χ0v) is 10.8. The molecule has 1 aromatic rings. The van der Waals surface area contributed by atoms with Crippen LogP contribution in [0.2, 0.25) is 0 Å². The Morgan fingerprint density at radius 1 is 1.47 bits per heavy atom. The van der Waals surface area contributed by atoms with Gasteiger partial charge in [0.1, 0.15) is 0 Å². The standard InChI is InChI=1S/C10H16N3O3.ClH/c1-4-12(5-2)10(14)16-13-7-6-11-9(8-13)15-3;/h6-8H,4-5H2,1-3H3;1H/q+1;/p-1. The van der Waals surface area contributed by atoms with E-state index in [1.165, 1.54) is 30.4 Å². The van der Waals surface area contributed by atoms with Gasteiger partial charge < -0.3 is 22.0 Å². The minimum absolute atomic E-state index is 0. The predicted octanol–water partition coefficient (Wildman–Crippen LogP) is -2.73. The Hall–Kier alpha value is -1.56. The molecule has 1 heterocycles. The Kier molecular flexibility index (Phi) is 6.97. The number of nitrogens with zero attached hydrogens (tertiary/aromatic N) is 3. The van der Waals surface area contributed by atoms with Crippen LogP contribution in [0.4, 0.5) is 4.79 Å². The molecule has 0 atom stereocenters. The highest BCUT2D eigenvalue weighted by molar-refractivity contribution is 5.66. The van der Waals surface area contributed by atoms with E-state index in [1.54, 1.807) is 4.90 Å². The molecule has 0 aliphatic rings. The van der Waals surface area contributed by atoms with E-state index in [0.717, 1.165) is 0 Å². The van der Waals surface area contributed by atoms with Crippen molar-refractivity contribution >= 4 is 6.09 Å². The molecule has 96 valence electrons. The molecule has 7 heteroatoms. The third-order valence-corrected chi connectivity index (χ3v) is 2.07. The van der Waals surface area contributed by atoms with Crippen LogP contribution in [0.3, 0.4) is 0 Å². The lowest BCUT2D eigenvalue weighted by molar-refractivity contribution is -0.869. The number of carbonyl (C=O) groups is 1. The van der Waals surface area contributed by atoms with Gasteiger partial charge in [-0.15, -0.1) is 0 Å². The lowest BCUT2D eigenvalue weighted by atomic mass is 10.6. The number of rotatable bonds is 4. The second-order valence-corrected chi connectivity index (χ2v) is 2.99. The van der Waals surface area contributed by atoms with Crippen LogP contribution in [0.15, 0.2) is 18.6 Å². The van der Waals surface area contributed by atoms with Gasteiger partial charge in [-0.2, -0.15) is 4.84 Å². The van der Waals surface area contributed by atoms with Crippen LogP contribution < -0.4 is 26.7 Å². The van der Waals surface area contributed by atoms with Gasteiger partial charge in [-0.05, 0) is 13.8 Å². The molecule has 6 nitrogen and oxygen atoms in total. The summed E-state index contributed by atoms with van der Waals surface area (Å²) in [4.78, 5) is 22.2. The summed E-state index contributed by atoms with van der Waals surface area (Å²) in [5.74, 6) is 0.384. The summed E-state index contributed by atoms with van der Waals surface area (Å²) in [5, 5.41) is 0.